The summed E-state index contributed by atoms with van der Waals surface area (Å²) in [6.45, 7) is 2.80. The Hall–Kier alpha value is -3.07. The minimum Gasteiger partial charge on any atom is -0.354 e. The van der Waals surface area contributed by atoms with Crippen molar-refractivity contribution in [3.8, 4) is 0 Å². The van der Waals surface area contributed by atoms with Gasteiger partial charge in [0.25, 0.3) is 0 Å². The van der Waals surface area contributed by atoms with Crippen LogP contribution in [0.2, 0.25) is 10.0 Å². The Morgan fingerprint density at radius 3 is 2.20 bits per heavy atom. The highest BCUT2D eigenvalue weighted by molar-refractivity contribution is 7.92. The third-order valence-corrected chi connectivity index (χ3v) is 8.48. The average molecular weight is 619 g/mol. The van der Waals surface area contributed by atoms with Gasteiger partial charge in [-0.15, -0.1) is 0 Å². The fourth-order valence-corrected chi connectivity index (χ4v) is 5.77. The molecule has 41 heavy (non-hydrogen) atoms. The molecule has 0 saturated heterocycles. The third kappa shape index (κ3) is 10.1. The SMILES string of the molecule is CCCCNC(=O)[C@@H](Cc1ccccc1)N(Cc1ccccc1Cl)C(=O)CCCN(c1ccc(Cl)cc1)S(C)(=O)=O. The van der Waals surface area contributed by atoms with Gasteiger partial charge in [-0.25, -0.2) is 8.42 Å². The monoisotopic (exact) mass is 617 g/mol. The van der Waals surface area contributed by atoms with Crippen LogP contribution in [0.15, 0.2) is 78.9 Å². The second-order valence-electron chi connectivity index (χ2n) is 9.88. The van der Waals surface area contributed by atoms with Gasteiger partial charge in [-0.1, -0.05) is 85.1 Å². The van der Waals surface area contributed by atoms with Crippen LogP contribution >= 0.6 is 23.2 Å². The molecule has 0 aliphatic carbocycles. The number of anilines is 1. The number of hydrogen-bond acceptors (Lipinski definition) is 4. The molecule has 0 saturated carbocycles. The van der Waals surface area contributed by atoms with E-state index in [1.165, 1.54) is 4.31 Å². The second-order valence-corrected chi connectivity index (χ2v) is 12.6. The second kappa shape index (κ2) is 15.8. The van der Waals surface area contributed by atoms with Crippen molar-refractivity contribution < 1.29 is 18.0 Å². The maximum absolute atomic E-state index is 13.9. The number of benzene rings is 3. The molecule has 2 amide bonds. The largest absolute Gasteiger partial charge is 0.354 e. The smallest absolute Gasteiger partial charge is 0.243 e. The number of nitrogens with zero attached hydrogens (tertiary/aromatic N) is 2. The van der Waals surface area contributed by atoms with Gasteiger partial charge in [0.05, 0.1) is 11.9 Å². The van der Waals surface area contributed by atoms with Gasteiger partial charge in [0.1, 0.15) is 6.04 Å². The number of amides is 2. The van der Waals surface area contributed by atoms with Crippen molar-refractivity contribution in [3.63, 3.8) is 0 Å². The standard InChI is InChI=1S/C31H37Cl2N3O4S/c1-3-4-20-34-31(38)29(22-24-11-6-5-7-12-24)35(23-25-13-8-9-14-28(25)33)30(37)15-10-21-36(41(2,39)40)27-18-16-26(32)17-19-27/h5-9,11-14,16-19,29H,3-4,10,15,20-23H2,1-2H3,(H,34,38)/t29-/m1/s1. The maximum atomic E-state index is 13.9. The van der Waals surface area contributed by atoms with Gasteiger partial charge in [-0.3, -0.25) is 13.9 Å². The zero-order valence-electron chi connectivity index (χ0n) is 23.4. The highest BCUT2D eigenvalue weighted by Gasteiger charge is 2.30. The van der Waals surface area contributed by atoms with Crippen LogP contribution in [0, 0.1) is 0 Å². The summed E-state index contributed by atoms with van der Waals surface area (Å²) in [6, 6.07) is 22.5. The molecule has 3 aromatic carbocycles. The summed E-state index contributed by atoms with van der Waals surface area (Å²) in [7, 11) is -3.60. The number of carbonyl (C=O) groups excluding carboxylic acids is 2. The van der Waals surface area contributed by atoms with E-state index in [4.69, 9.17) is 23.2 Å². The molecule has 7 nitrogen and oxygen atoms in total. The van der Waals surface area contributed by atoms with Crippen molar-refractivity contribution in [2.24, 2.45) is 0 Å². The van der Waals surface area contributed by atoms with Crippen LogP contribution in [0.3, 0.4) is 0 Å². The minimum atomic E-state index is -3.60. The summed E-state index contributed by atoms with van der Waals surface area (Å²) in [5.41, 5.74) is 2.11. The molecule has 0 radical (unpaired) electrons. The van der Waals surface area contributed by atoms with Crippen molar-refractivity contribution in [1.82, 2.24) is 10.2 Å². The lowest BCUT2D eigenvalue weighted by molar-refractivity contribution is -0.141. The predicted octanol–water partition coefficient (Wildman–Crippen LogP) is 6.10. The van der Waals surface area contributed by atoms with Crippen LogP contribution in [0.1, 0.15) is 43.7 Å². The minimum absolute atomic E-state index is 0.0393. The molecule has 0 aliphatic rings. The number of unbranched alkanes of at least 4 members (excludes halogenated alkanes) is 1. The summed E-state index contributed by atoms with van der Waals surface area (Å²) < 4.78 is 26.4. The summed E-state index contributed by atoms with van der Waals surface area (Å²) in [5.74, 6) is -0.498. The van der Waals surface area contributed by atoms with Gasteiger partial charge < -0.3 is 10.2 Å². The molecule has 0 unspecified atom stereocenters. The predicted molar refractivity (Wildman–Crippen MR) is 167 cm³/mol. The van der Waals surface area contributed by atoms with E-state index < -0.39 is 16.1 Å². The molecule has 3 aromatic rings. The van der Waals surface area contributed by atoms with E-state index in [1.54, 1.807) is 35.2 Å². The average Bonchev–Trinajstić information content (AvgIpc) is 2.94. The molecule has 0 bridgehead atoms. The normalized spacial score (nSPS) is 12.0. The number of rotatable bonds is 15. The molecular weight excluding hydrogens is 581 g/mol. The molecule has 0 spiro atoms. The first-order chi connectivity index (χ1) is 19.6. The summed E-state index contributed by atoms with van der Waals surface area (Å²) in [6.07, 6.45) is 3.50. The first-order valence-electron chi connectivity index (χ1n) is 13.7. The van der Waals surface area contributed by atoms with Crippen LogP contribution in [-0.2, 0) is 32.6 Å². The van der Waals surface area contributed by atoms with Gasteiger partial charge in [0, 0.05) is 42.5 Å². The highest BCUT2D eigenvalue weighted by Crippen LogP contribution is 2.23. The Kier molecular flexibility index (Phi) is 12.5. The van der Waals surface area contributed by atoms with Crippen molar-refractivity contribution in [2.75, 3.05) is 23.7 Å². The molecule has 1 N–H and O–H groups in total. The fourth-order valence-electron chi connectivity index (χ4n) is 4.48. The van der Waals surface area contributed by atoms with Crippen molar-refractivity contribution >= 4 is 50.7 Å². The topological polar surface area (TPSA) is 86.8 Å². The van der Waals surface area contributed by atoms with Crippen LogP contribution in [0.25, 0.3) is 0 Å². The molecule has 10 heteroatoms. The molecule has 0 fully saturated rings. The maximum Gasteiger partial charge on any atom is 0.243 e. The summed E-state index contributed by atoms with van der Waals surface area (Å²) in [4.78, 5) is 29.0. The van der Waals surface area contributed by atoms with Gasteiger partial charge >= 0.3 is 0 Å². The Morgan fingerprint density at radius 2 is 1.56 bits per heavy atom. The van der Waals surface area contributed by atoms with Gasteiger partial charge in [-0.2, -0.15) is 0 Å². The Bertz CT molecular complexity index is 1390. The first kappa shape index (κ1) is 32.4. The molecule has 0 aliphatic heterocycles. The van der Waals surface area contributed by atoms with E-state index in [-0.39, 0.29) is 37.7 Å². The summed E-state index contributed by atoms with van der Waals surface area (Å²) in [5, 5.41) is 3.99. The van der Waals surface area contributed by atoms with Crippen molar-refractivity contribution in [1.29, 1.82) is 0 Å². The van der Waals surface area contributed by atoms with Crippen LogP contribution in [-0.4, -0.2) is 50.5 Å². The molecule has 220 valence electrons. The first-order valence-corrected chi connectivity index (χ1v) is 16.3. The number of carbonyl (C=O) groups is 2. The van der Waals surface area contributed by atoms with Crippen molar-refractivity contribution in [2.45, 2.75) is 51.6 Å². The lowest BCUT2D eigenvalue weighted by Crippen LogP contribution is -2.50. The van der Waals surface area contributed by atoms with E-state index in [0.29, 0.717) is 28.7 Å². The zero-order valence-corrected chi connectivity index (χ0v) is 25.8. The fraction of sp³-hybridized carbons (Fsp3) is 0.355. The molecule has 3 rings (SSSR count). The van der Waals surface area contributed by atoms with Crippen LogP contribution < -0.4 is 9.62 Å². The lowest BCUT2D eigenvalue weighted by atomic mass is 10.0. The number of halogens is 2. The van der Waals surface area contributed by atoms with E-state index >= 15 is 0 Å². The Morgan fingerprint density at radius 1 is 0.902 bits per heavy atom. The Labute approximate surface area is 253 Å². The van der Waals surface area contributed by atoms with Crippen LogP contribution in [0.4, 0.5) is 5.69 Å². The van der Waals surface area contributed by atoms with E-state index in [0.717, 1.165) is 30.2 Å². The molecule has 0 heterocycles. The molecular formula is C31H37Cl2N3O4S. The zero-order chi connectivity index (χ0) is 29.8. The Balaban J connectivity index is 1.87. The highest BCUT2D eigenvalue weighted by atomic mass is 35.5. The van der Waals surface area contributed by atoms with E-state index in [9.17, 15) is 18.0 Å². The van der Waals surface area contributed by atoms with E-state index in [2.05, 4.69) is 5.32 Å². The van der Waals surface area contributed by atoms with Crippen molar-refractivity contribution in [3.05, 3.63) is 100 Å². The quantitative estimate of drug-likeness (QED) is 0.209. The number of nitrogens with one attached hydrogen (secondary N) is 1. The molecule has 1 atom stereocenters. The van der Waals surface area contributed by atoms with Crippen LogP contribution in [0.5, 0.6) is 0 Å². The van der Waals surface area contributed by atoms with E-state index in [1.807, 2.05) is 55.5 Å². The third-order valence-electron chi connectivity index (χ3n) is 6.67. The molecule has 0 aromatic heterocycles. The van der Waals surface area contributed by atoms with Gasteiger partial charge in [0.15, 0.2) is 0 Å². The van der Waals surface area contributed by atoms with Gasteiger partial charge in [-0.05, 0) is 54.3 Å². The lowest BCUT2D eigenvalue weighted by Gasteiger charge is -2.32. The van der Waals surface area contributed by atoms with Gasteiger partial charge in [0.2, 0.25) is 21.8 Å². The number of sulfonamides is 1. The number of hydrogen-bond donors (Lipinski definition) is 1. The summed E-state index contributed by atoms with van der Waals surface area (Å²) >= 11 is 12.5.